The van der Waals surface area contributed by atoms with E-state index in [4.69, 9.17) is 0 Å². The minimum absolute atomic E-state index is 0.000126. The number of amides is 1. The summed E-state index contributed by atoms with van der Waals surface area (Å²) in [6.07, 6.45) is 1.55. The molecule has 0 bridgehead atoms. The third kappa shape index (κ3) is 4.44. The van der Waals surface area contributed by atoms with Gasteiger partial charge in [-0.15, -0.1) is 0 Å². The van der Waals surface area contributed by atoms with Crippen molar-refractivity contribution in [1.29, 1.82) is 0 Å². The second-order valence-electron chi connectivity index (χ2n) is 6.34. The van der Waals surface area contributed by atoms with Crippen molar-refractivity contribution in [2.45, 2.75) is 18.9 Å². The molecule has 2 aromatic rings. The summed E-state index contributed by atoms with van der Waals surface area (Å²) in [7, 11) is 0. The quantitative estimate of drug-likeness (QED) is 0.845. The molecule has 0 saturated heterocycles. The van der Waals surface area contributed by atoms with Gasteiger partial charge in [-0.25, -0.2) is 4.39 Å². The summed E-state index contributed by atoms with van der Waals surface area (Å²) >= 11 is 0. The summed E-state index contributed by atoms with van der Waals surface area (Å²) in [5.74, 6) is -0.312. The Labute approximate surface area is 147 Å². The zero-order valence-electron chi connectivity index (χ0n) is 14.1. The highest BCUT2D eigenvalue weighted by Crippen LogP contribution is 2.28. The lowest BCUT2D eigenvalue weighted by Gasteiger charge is -2.35. The lowest BCUT2D eigenvalue weighted by atomic mass is 9.93. The Morgan fingerprint density at radius 1 is 1.20 bits per heavy atom. The molecule has 1 heterocycles. The number of rotatable bonds is 6. The van der Waals surface area contributed by atoms with Crippen LogP contribution in [0, 0.1) is 5.82 Å². The van der Waals surface area contributed by atoms with Crippen LogP contribution in [-0.2, 0) is 17.6 Å². The third-order valence-corrected chi connectivity index (χ3v) is 4.69. The van der Waals surface area contributed by atoms with Crippen LogP contribution >= 0.6 is 0 Å². The van der Waals surface area contributed by atoms with Crippen molar-refractivity contribution in [2.75, 3.05) is 26.2 Å². The van der Waals surface area contributed by atoms with Crippen LogP contribution in [0.25, 0.3) is 0 Å². The van der Waals surface area contributed by atoms with Crippen LogP contribution < -0.4 is 5.32 Å². The monoisotopic (exact) mass is 342 g/mol. The highest BCUT2D eigenvalue weighted by atomic mass is 19.1. The maximum absolute atomic E-state index is 12.9. The fourth-order valence-corrected chi connectivity index (χ4v) is 3.34. The van der Waals surface area contributed by atoms with Gasteiger partial charge in [-0.3, -0.25) is 9.69 Å². The number of nitrogens with one attached hydrogen (secondary N) is 1. The number of hydrogen-bond acceptors (Lipinski definition) is 3. The van der Waals surface area contributed by atoms with Crippen molar-refractivity contribution in [3.05, 3.63) is 71.0 Å². The molecule has 0 saturated carbocycles. The van der Waals surface area contributed by atoms with Gasteiger partial charge in [-0.1, -0.05) is 36.4 Å². The van der Waals surface area contributed by atoms with Gasteiger partial charge in [0.15, 0.2) is 0 Å². The van der Waals surface area contributed by atoms with Crippen LogP contribution in [0.15, 0.2) is 48.5 Å². The van der Waals surface area contributed by atoms with Gasteiger partial charge in [0, 0.05) is 13.1 Å². The first-order valence-corrected chi connectivity index (χ1v) is 8.61. The van der Waals surface area contributed by atoms with Crippen molar-refractivity contribution in [2.24, 2.45) is 0 Å². The molecule has 0 aliphatic carbocycles. The fraction of sp³-hybridized carbons (Fsp3) is 0.350. The second-order valence-corrected chi connectivity index (χ2v) is 6.34. The predicted octanol–water partition coefficient (Wildman–Crippen LogP) is 2.08. The van der Waals surface area contributed by atoms with Gasteiger partial charge in [-0.2, -0.15) is 0 Å². The maximum atomic E-state index is 12.9. The molecule has 132 valence electrons. The number of fused-ring (bicyclic) bond motifs is 1. The molecule has 1 aliphatic rings. The molecular formula is C20H23FN2O2. The number of carbonyl (C=O) groups excluding carboxylic acids is 1. The van der Waals surface area contributed by atoms with Crippen LogP contribution in [-0.4, -0.2) is 42.2 Å². The van der Waals surface area contributed by atoms with E-state index in [1.165, 1.54) is 17.7 Å². The molecule has 1 amide bonds. The largest absolute Gasteiger partial charge is 0.394 e. The van der Waals surface area contributed by atoms with E-state index in [-0.39, 0.29) is 30.9 Å². The van der Waals surface area contributed by atoms with E-state index in [1.807, 2.05) is 23.1 Å². The first-order valence-electron chi connectivity index (χ1n) is 8.61. The third-order valence-electron chi connectivity index (χ3n) is 4.69. The summed E-state index contributed by atoms with van der Waals surface area (Å²) in [6, 6.07) is 14.2. The van der Waals surface area contributed by atoms with Crippen molar-refractivity contribution in [3.8, 4) is 0 Å². The van der Waals surface area contributed by atoms with E-state index in [2.05, 4.69) is 11.4 Å². The Hall–Kier alpha value is -2.24. The highest BCUT2D eigenvalue weighted by molar-refractivity contribution is 5.78. The average Bonchev–Trinajstić information content (AvgIpc) is 2.63. The Bertz CT molecular complexity index is 718. The van der Waals surface area contributed by atoms with Gasteiger partial charge in [0.2, 0.25) is 5.91 Å². The van der Waals surface area contributed by atoms with Gasteiger partial charge in [-0.05, 0) is 41.7 Å². The van der Waals surface area contributed by atoms with Crippen molar-refractivity contribution in [3.63, 3.8) is 0 Å². The minimum atomic E-state index is -0.256. The zero-order valence-corrected chi connectivity index (χ0v) is 14.1. The van der Waals surface area contributed by atoms with Gasteiger partial charge < -0.3 is 10.4 Å². The van der Waals surface area contributed by atoms with Crippen LogP contribution in [0.4, 0.5) is 4.39 Å². The van der Waals surface area contributed by atoms with Crippen molar-refractivity contribution < 1.29 is 14.3 Å². The fourth-order valence-electron chi connectivity index (χ4n) is 3.34. The van der Waals surface area contributed by atoms with E-state index in [0.29, 0.717) is 13.0 Å². The number of nitrogens with zero attached hydrogens (tertiary/aromatic N) is 1. The summed E-state index contributed by atoms with van der Waals surface area (Å²) in [4.78, 5) is 14.3. The molecule has 2 N–H and O–H groups in total. The lowest BCUT2D eigenvalue weighted by Crippen LogP contribution is -2.44. The smallest absolute Gasteiger partial charge is 0.234 e. The summed E-state index contributed by atoms with van der Waals surface area (Å²) in [6.45, 7) is 1.54. The van der Waals surface area contributed by atoms with E-state index >= 15 is 0 Å². The van der Waals surface area contributed by atoms with Gasteiger partial charge >= 0.3 is 0 Å². The number of halogens is 1. The van der Waals surface area contributed by atoms with E-state index in [0.717, 1.165) is 24.1 Å². The topological polar surface area (TPSA) is 52.6 Å². The number of aliphatic hydroxyl groups is 1. The molecule has 0 fully saturated rings. The maximum Gasteiger partial charge on any atom is 0.234 e. The predicted molar refractivity (Wildman–Crippen MR) is 94.7 cm³/mol. The number of carbonyl (C=O) groups is 1. The number of aliphatic hydroxyl groups excluding tert-OH is 1. The molecule has 5 heteroatoms. The molecule has 0 radical (unpaired) electrons. The minimum Gasteiger partial charge on any atom is -0.394 e. The van der Waals surface area contributed by atoms with Gasteiger partial charge in [0.1, 0.15) is 5.82 Å². The Morgan fingerprint density at radius 2 is 1.96 bits per heavy atom. The Balaban J connectivity index is 1.51. The summed E-state index contributed by atoms with van der Waals surface area (Å²) < 4.78 is 12.9. The van der Waals surface area contributed by atoms with Crippen molar-refractivity contribution in [1.82, 2.24) is 10.2 Å². The molecule has 1 aliphatic heterocycles. The second kappa shape index (κ2) is 8.23. The first kappa shape index (κ1) is 17.6. The van der Waals surface area contributed by atoms with E-state index in [9.17, 15) is 14.3 Å². The first-order chi connectivity index (χ1) is 12.2. The van der Waals surface area contributed by atoms with Gasteiger partial charge in [0.05, 0.1) is 19.2 Å². The zero-order chi connectivity index (χ0) is 17.6. The van der Waals surface area contributed by atoms with Gasteiger partial charge in [0.25, 0.3) is 0 Å². The van der Waals surface area contributed by atoms with Crippen LogP contribution in [0.1, 0.15) is 22.7 Å². The normalized spacial score (nSPS) is 17.1. The summed E-state index contributed by atoms with van der Waals surface area (Å²) in [5.41, 5.74) is 3.34. The average molecular weight is 342 g/mol. The Kier molecular flexibility index (Phi) is 5.79. The van der Waals surface area contributed by atoms with E-state index in [1.54, 1.807) is 12.1 Å². The Morgan fingerprint density at radius 3 is 2.72 bits per heavy atom. The molecule has 2 aromatic carbocycles. The lowest BCUT2D eigenvalue weighted by molar-refractivity contribution is -0.123. The molecule has 3 rings (SSSR count). The molecule has 4 nitrogen and oxygen atoms in total. The molecule has 1 unspecified atom stereocenters. The highest BCUT2D eigenvalue weighted by Gasteiger charge is 2.27. The summed E-state index contributed by atoms with van der Waals surface area (Å²) in [5, 5.41) is 12.7. The SMILES string of the molecule is O=C(CN1CCc2ccccc2C1CO)NCCc1ccc(F)cc1. The molecule has 25 heavy (non-hydrogen) atoms. The molecule has 0 aromatic heterocycles. The van der Waals surface area contributed by atoms with E-state index < -0.39 is 0 Å². The molecule has 0 spiro atoms. The van der Waals surface area contributed by atoms with Crippen LogP contribution in [0.2, 0.25) is 0 Å². The standard InChI is InChI=1S/C20H23FN2O2/c21-17-7-5-15(6-8-17)9-11-22-20(25)13-23-12-10-16-3-1-2-4-18(16)19(23)14-24/h1-8,19,24H,9-14H2,(H,22,25). The van der Waals surface area contributed by atoms with Crippen molar-refractivity contribution >= 4 is 5.91 Å². The number of benzene rings is 2. The number of hydrogen-bond donors (Lipinski definition) is 2. The molecule has 1 atom stereocenters. The van der Waals surface area contributed by atoms with Crippen LogP contribution in [0.5, 0.6) is 0 Å². The molecular weight excluding hydrogens is 319 g/mol. The van der Waals surface area contributed by atoms with Crippen LogP contribution in [0.3, 0.4) is 0 Å².